The number of ether oxygens (including phenoxy) is 1. The van der Waals surface area contributed by atoms with Gasteiger partial charge < -0.3 is 9.84 Å². The standard InChI is InChI=1S/C14H16F2O3/c1-2-19-13(17)14(18,12(15)16)10-6-9-11-7-4-3-5-8-11/h3-9,12,18H,2,10H2,1H3/b9-6+/t14-/m0/s1. The van der Waals surface area contributed by atoms with Crippen molar-refractivity contribution in [3.05, 3.63) is 42.0 Å². The molecule has 0 aliphatic heterocycles. The minimum absolute atomic E-state index is 0.0593. The first-order valence-corrected chi connectivity index (χ1v) is 5.90. The van der Waals surface area contributed by atoms with Gasteiger partial charge in [-0.25, -0.2) is 13.6 Å². The summed E-state index contributed by atoms with van der Waals surface area (Å²) in [5.41, 5.74) is -2.00. The fraction of sp³-hybridized carbons (Fsp3) is 0.357. The Balaban J connectivity index is 2.74. The number of benzene rings is 1. The average molecular weight is 270 g/mol. The molecule has 0 saturated heterocycles. The molecule has 0 saturated carbocycles. The molecule has 0 radical (unpaired) electrons. The Kier molecular flexibility index (Phi) is 5.63. The van der Waals surface area contributed by atoms with Gasteiger partial charge in [0.2, 0.25) is 5.60 Å². The number of rotatable bonds is 6. The van der Waals surface area contributed by atoms with Gasteiger partial charge in [0.25, 0.3) is 6.43 Å². The summed E-state index contributed by atoms with van der Waals surface area (Å²) < 4.78 is 30.1. The summed E-state index contributed by atoms with van der Waals surface area (Å²) in [6, 6.07) is 8.98. The van der Waals surface area contributed by atoms with E-state index >= 15 is 0 Å². The van der Waals surface area contributed by atoms with Gasteiger partial charge in [0, 0.05) is 6.42 Å². The number of aliphatic hydroxyl groups is 1. The lowest BCUT2D eigenvalue weighted by molar-refractivity contribution is -0.181. The monoisotopic (exact) mass is 270 g/mol. The van der Waals surface area contributed by atoms with Gasteiger partial charge in [-0.1, -0.05) is 42.5 Å². The molecule has 0 spiro atoms. The first-order chi connectivity index (χ1) is 9.00. The number of halogens is 2. The van der Waals surface area contributed by atoms with Gasteiger partial charge in [0.1, 0.15) is 0 Å². The first-order valence-electron chi connectivity index (χ1n) is 5.90. The van der Waals surface area contributed by atoms with Gasteiger partial charge in [-0.05, 0) is 12.5 Å². The highest BCUT2D eigenvalue weighted by Gasteiger charge is 2.46. The lowest BCUT2D eigenvalue weighted by Crippen LogP contribution is -2.46. The number of hydrogen-bond donors (Lipinski definition) is 1. The van der Waals surface area contributed by atoms with Crippen LogP contribution in [0.25, 0.3) is 6.08 Å². The summed E-state index contributed by atoms with van der Waals surface area (Å²) in [6.07, 6.45) is -0.810. The lowest BCUT2D eigenvalue weighted by Gasteiger charge is -2.23. The van der Waals surface area contributed by atoms with E-state index in [4.69, 9.17) is 0 Å². The molecule has 1 aromatic carbocycles. The zero-order valence-corrected chi connectivity index (χ0v) is 10.6. The third-order valence-corrected chi connectivity index (χ3v) is 2.53. The Morgan fingerprint density at radius 2 is 2.05 bits per heavy atom. The topological polar surface area (TPSA) is 46.5 Å². The van der Waals surface area contributed by atoms with E-state index in [1.807, 2.05) is 6.07 Å². The summed E-state index contributed by atoms with van der Waals surface area (Å²) in [4.78, 5) is 11.4. The number of carbonyl (C=O) groups excluding carboxylic acids is 1. The van der Waals surface area contributed by atoms with Crippen molar-refractivity contribution in [1.29, 1.82) is 0 Å². The van der Waals surface area contributed by atoms with Crippen molar-refractivity contribution in [2.75, 3.05) is 6.61 Å². The van der Waals surface area contributed by atoms with E-state index in [2.05, 4.69) is 4.74 Å². The Labute approximate surface area is 110 Å². The van der Waals surface area contributed by atoms with Crippen LogP contribution in [0.3, 0.4) is 0 Å². The zero-order valence-electron chi connectivity index (χ0n) is 10.6. The van der Waals surface area contributed by atoms with Gasteiger partial charge in [-0.15, -0.1) is 0 Å². The van der Waals surface area contributed by atoms with Crippen LogP contribution in [-0.2, 0) is 9.53 Å². The SMILES string of the molecule is CCOC(=O)[C@](O)(C/C=C/c1ccccc1)C(F)F. The van der Waals surface area contributed by atoms with Crippen LogP contribution < -0.4 is 0 Å². The normalized spacial score (nSPS) is 14.6. The van der Waals surface area contributed by atoms with E-state index in [0.717, 1.165) is 5.56 Å². The quantitative estimate of drug-likeness (QED) is 0.808. The van der Waals surface area contributed by atoms with Gasteiger partial charge in [-0.3, -0.25) is 0 Å². The van der Waals surface area contributed by atoms with E-state index in [-0.39, 0.29) is 6.61 Å². The van der Waals surface area contributed by atoms with Gasteiger partial charge in [0.15, 0.2) is 0 Å². The molecule has 0 heterocycles. The number of carbonyl (C=O) groups is 1. The zero-order chi connectivity index (χ0) is 14.3. The van der Waals surface area contributed by atoms with Crippen LogP contribution >= 0.6 is 0 Å². The second-order valence-electron chi connectivity index (χ2n) is 3.96. The molecule has 0 aliphatic rings. The van der Waals surface area contributed by atoms with Crippen molar-refractivity contribution in [3.8, 4) is 0 Å². The van der Waals surface area contributed by atoms with Crippen molar-refractivity contribution in [2.45, 2.75) is 25.4 Å². The molecule has 0 amide bonds. The van der Waals surface area contributed by atoms with Gasteiger partial charge >= 0.3 is 5.97 Å². The molecular formula is C14H16F2O3. The third-order valence-electron chi connectivity index (χ3n) is 2.53. The Hall–Kier alpha value is -1.75. The van der Waals surface area contributed by atoms with Crippen molar-refractivity contribution in [1.82, 2.24) is 0 Å². The predicted octanol–water partition coefficient (Wildman–Crippen LogP) is 2.65. The van der Waals surface area contributed by atoms with Crippen LogP contribution in [0.4, 0.5) is 8.78 Å². The highest BCUT2D eigenvalue weighted by atomic mass is 19.3. The molecule has 5 heteroatoms. The maximum Gasteiger partial charge on any atom is 0.344 e. The maximum atomic E-state index is 12.8. The first kappa shape index (κ1) is 15.3. The summed E-state index contributed by atoms with van der Waals surface area (Å²) in [5.74, 6) is -1.30. The third kappa shape index (κ3) is 4.13. The molecule has 1 atom stereocenters. The second-order valence-corrected chi connectivity index (χ2v) is 3.96. The van der Waals surface area contributed by atoms with E-state index in [9.17, 15) is 18.7 Å². The maximum absolute atomic E-state index is 12.8. The molecule has 1 aromatic rings. The lowest BCUT2D eigenvalue weighted by atomic mass is 9.99. The van der Waals surface area contributed by atoms with Crippen LogP contribution in [0, 0.1) is 0 Å². The molecule has 19 heavy (non-hydrogen) atoms. The molecule has 0 aromatic heterocycles. The molecule has 104 valence electrons. The molecule has 3 nitrogen and oxygen atoms in total. The average Bonchev–Trinajstić information content (AvgIpc) is 2.39. The summed E-state index contributed by atoms with van der Waals surface area (Å²) >= 11 is 0. The van der Waals surface area contributed by atoms with Crippen molar-refractivity contribution >= 4 is 12.0 Å². The second kappa shape index (κ2) is 6.99. The predicted molar refractivity (Wildman–Crippen MR) is 67.7 cm³/mol. The molecular weight excluding hydrogens is 254 g/mol. The minimum Gasteiger partial charge on any atom is -0.464 e. The molecule has 0 unspecified atom stereocenters. The van der Waals surface area contributed by atoms with Gasteiger partial charge in [0.05, 0.1) is 6.61 Å². The summed E-state index contributed by atoms with van der Waals surface area (Å²) in [7, 11) is 0. The molecule has 1 rings (SSSR count). The number of hydrogen-bond acceptors (Lipinski definition) is 3. The Morgan fingerprint density at radius 1 is 1.42 bits per heavy atom. The summed E-state index contributed by atoms with van der Waals surface area (Å²) in [5, 5.41) is 9.69. The minimum atomic E-state index is -3.20. The number of alkyl halides is 2. The van der Waals surface area contributed by atoms with Crippen LogP contribution in [0.2, 0.25) is 0 Å². The fourth-order valence-corrected chi connectivity index (χ4v) is 1.46. The molecule has 1 N–H and O–H groups in total. The largest absolute Gasteiger partial charge is 0.464 e. The van der Waals surface area contributed by atoms with Crippen LogP contribution in [0.15, 0.2) is 36.4 Å². The van der Waals surface area contributed by atoms with Crippen molar-refractivity contribution < 1.29 is 23.4 Å². The fourth-order valence-electron chi connectivity index (χ4n) is 1.46. The van der Waals surface area contributed by atoms with E-state index in [0.29, 0.717) is 0 Å². The van der Waals surface area contributed by atoms with Crippen molar-refractivity contribution in [3.63, 3.8) is 0 Å². The molecule has 0 bridgehead atoms. The molecule has 0 fully saturated rings. The smallest absolute Gasteiger partial charge is 0.344 e. The number of esters is 1. The van der Waals surface area contributed by atoms with E-state index < -0.39 is 24.4 Å². The Morgan fingerprint density at radius 3 is 2.58 bits per heavy atom. The van der Waals surface area contributed by atoms with Crippen LogP contribution in [0.5, 0.6) is 0 Å². The van der Waals surface area contributed by atoms with Crippen LogP contribution in [-0.4, -0.2) is 29.7 Å². The van der Waals surface area contributed by atoms with Crippen LogP contribution in [0.1, 0.15) is 18.9 Å². The van der Waals surface area contributed by atoms with Gasteiger partial charge in [-0.2, -0.15) is 0 Å². The van der Waals surface area contributed by atoms with Crippen molar-refractivity contribution in [2.24, 2.45) is 0 Å². The van der Waals surface area contributed by atoms with E-state index in [1.54, 1.807) is 30.3 Å². The molecule has 0 aliphatic carbocycles. The van der Waals surface area contributed by atoms with E-state index in [1.165, 1.54) is 13.0 Å². The highest BCUT2D eigenvalue weighted by Crippen LogP contribution is 2.23. The highest BCUT2D eigenvalue weighted by molar-refractivity contribution is 5.80. The Bertz CT molecular complexity index is 432. The summed E-state index contributed by atoms with van der Waals surface area (Å²) in [6.45, 7) is 1.43.